The second-order valence-electron chi connectivity index (χ2n) is 5.57. The molecule has 1 heterocycles. The Balaban J connectivity index is 1.98. The van der Waals surface area contributed by atoms with E-state index < -0.39 is 24.1 Å². The Morgan fingerprint density at radius 2 is 2.00 bits per heavy atom. The quantitative estimate of drug-likeness (QED) is 0.728. The van der Waals surface area contributed by atoms with E-state index in [9.17, 15) is 14.4 Å². The number of nitrogens with zero attached hydrogens (tertiary/aromatic N) is 1. The van der Waals surface area contributed by atoms with Crippen LogP contribution in [0.1, 0.15) is 12.0 Å². The van der Waals surface area contributed by atoms with E-state index in [0.29, 0.717) is 13.0 Å². The molecule has 2 amide bonds. The summed E-state index contributed by atoms with van der Waals surface area (Å²) in [4.78, 5) is 37.5. The van der Waals surface area contributed by atoms with Crippen LogP contribution in [0.5, 0.6) is 0 Å². The van der Waals surface area contributed by atoms with E-state index in [4.69, 9.17) is 9.47 Å². The second-order valence-corrected chi connectivity index (χ2v) is 5.57. The molecule has 2 rings (SSSR count). The van der Waals surface area contributed by atoms with Gasteiger partial charge in [0.15, 0.2) is 6.04 Å². The van der Waals surface area contributed by atoms with E-state index in [0.717, 1.165) is 5.56 Å². The monoisotopic (exact) mass is 350 g/mol. The van der Waals surface area contributed by atoms with Crippen LogP contribution in [0.25, 0.3) is 0 Å². The summed E-state index contributed by atoms with van der Waals surface area (Å²) >= 11 is 0. The van der Waals surface area contributed by atoms with Crippen LogP contribution >= 0.6 is 0 Å². The number of ether oxygens (including phenoxy) is 3. The lowest BCUT2D eigenvalue weighted by molar-refractivity contribution is -0.157. The van der Waals surface area contributed by atoms with Crippen molar-refractivity contribution in [3.63, 3.8) is 0 Å². The molecular formula is C17H22N2O6. The number of alkyl carbamates (subject to hydrolysis) is 1. The first kappa shape index (κ1) is 18.7. The first-order valence-corrected chi connectivity index (χ1v) is 7.91. The number of nitrogens with one attached hydrogen (secondary N) is 1. The fraction of sp³-hybridized carbons (Fsp3) is 0.471. The minimum absolute atomic E-state index is 0.0182. The highest BCUT2D eigenvalue weighted by Crippen LogP contribution is 2.17. The third kappa shape index (κ3) is 4.93. The number of hydrogen-bond acceptors (Lipinski definition) is 6. The average molecular weight is 350 g/mol. The summed E-state index contributed by atoms with van der Waals surface area (Å²) in [6, 6.07) is 7.69. The maximum Gasteiger partial charge on any atom is 0.407 e. The van der Waals surface area contributed by atoms with Crippen LogP contribution in [-0.4, -0.2) is 62.3 Å². The van der Waals surface area contributed by atoms with Crippen molar-refractivity contribution in [3.05, 3.63) is 35.9 Å². The molecule has 1 saturated heterocycles. The minimum atomic E-state index is -0.856. The molecule has 136 valence electrons. The molecule has 1 fully saturated rings. The van der Waals surface area contributed by atoms with Gasteiger partial charge in [0.2, 0.25) is 5.91 Å². The predicted molar refractivity (Wildman–Crippen MR) is 87.6 cm³/mol. The Kier molecular flexibility index (Phi) is 6.76. The number of rotatable bonds is 7. The molecule has 25 heavy (non-hydrogen) atoms. The van der Waals surface area contributed by atoms with E-state index in [1.54, 1.807) is 0 Å². The predicted octanol–water partition coefficient (Wildman–Crippen LogP) is 0.702. The number of benzene rings is 1. The van der Waals surface area contributed by atoms with E-state index in [-0.39, 0.29) is 19.1 Å². The van der Waals surface area contributed by atoms with Crippen molar-refractivity contribution >= 4 is 18.0 Å². The maximum atomic E-state index is 12.4. The average Bonchev–Trinajstić information content (AvgIpc) is 2.98. The highest BCUT2D eigenvalue weighted by molar-refractivity contribution is 5.91. The van der Waals surface area contributed by atoms with Crippen LogP contribution < -0.4 is 5.32 Å². The molecule has 1 aromatic rings. The van der Waals surface area contributed by atoms with Crippen LogP contribution in [0.3, 0.4) is 0 Å². The Morgan fingerprint density at radius 1 is 1.28 bits per heavy atom. The van der Waals surface area contributed by atoms with Crippen molar-refractivity contribution in [2.45, 2.75) is 25.1 Å². The smallest absolute Gasteiger partial charge is 0.407 e. The minimum Gasteiger partial charge on any atom is -0.459 e. The van der Waals surface area contributed by atoms with E-state index in [2.05, 4.69) is 10.1 Å². The third-order valence-corrected chi connectivity index (χ3v) is 3.91. The molecule has 8 heteroatoms. The zero-order chi connectivity index (χ0) is 18.2. The first-order valence-electron chi connectivity index (χ1n) is 7.91. The van der Waals surface area contributed by atoms with Gasteiger partial charge in [-0.1, -0.05) is 30.3 Å². The Bertz CT molecular complexity index is 606. The lowest BCUT2D eigenvalue weighted by Crippen LogP contribution is -2.49. The number of methoxy groups -OCH3 is 2. The van der Waals surface area contributed by atoms with Gasteiger partial charge >= 0.3 is 12.1 Å². The van der Waals surface area contributed by atoms with Crippen molar-refractivity contribution < 1.29 is 28.6 Å². The molecule has 1 aliphatic heterocycles. The molecule has 0 aliphatic carbocycles. The molecule has 1 aliphatic rings. The van der Waals surface area contributed by atoms with Crippen molar-refractivity contribution in [3.8, 4) is 0 Å². The van der Waals surface area contributed by atoms with Crippen LogP contribution in [0, 0.1) is 0 Å². The molecular weight excluding hydrogens is 328 g/mol. The van der Waals surface area contributed by atoms with Gasteiger partial charge in [-0.15, -0.1) is 0 Å². The summed E-state index contributed by atoms with van der Waals surface area (Å²) < 4.78 is 14.9. The van der Waals surface area contributed by atoms with Crippen molar-refractivity contribution in [1.29, 1.82) is 0 Å². The molecule has 0 aromatic heterocycles. The molecule has 8 nitrogen and oxygen atoms in total. The van der Waals surface area contributed by atoms with E-state index >= 15 is 0 Å². The molecule has 1 aromatic carbocycles. The number of amides is 2. The van der Waals surface area contributed by atoms with Crippen molar-refractivity contribution in [2.75, 3.05) is 27.4 Å². The standard InChI is InChI=1S/C17H22N2O6/c1-23-11-14(16(21)25-10-12-6-4-3-5-7-12)19-9-8-13(15(19)20)18-17(22)24-2/h3-7,13-14H,8-11H2,1-2H3,(H,18,22)/t13-,14+/m0/s1. The number of hydrogen-bond donors (Lipinski definition) is 1. The largest absolute Gasteiger partial charge is 0.459 e. The molecule has 0 unspecified atom stereocenters. The maximum absolute atomic E-state index is 12.4. The summed E-state index contributed by atoms with van der Waals surface area (Å²) in [6.45, 7) is 0.456. The second kappa shape index (κ2) is 9.03. The van der Waals surface area contributed by atoms with Gasteiger partial charge in [0.25, 0.3) is 0 Å². The summed E-state index contributed by atoms with van der Waals surface area (Å²) in [6.07, 6.45) is -0.296. The van der Waals surface area contributed by atoms with Gasteiger partial charge in [0.05, 0.1) is 13.7 Å². The van der Waals surface area contributed by atoms with Crippen molar-refractivity contribution in [1.82, 2.24) is 10.2 Å². The molecule has 0 saturated carbocycles. The van der Waals surface area contributed by atoms with Crippen LogP contribution in [-0.2, 0) is 30.4 Å². The van der Waals surface area contributed by atoms with Gasteiger partial charge in [-0.2, -0.15) is 0 Å². The number of carbonyl (C=O) groups is 3. The van der Waals surface area contributed by atoms with Crippen molar-refractivity contribution in [2.24, 2.45) is 0 Å². The van der Waals surface area contributed by atoms with Crippen LogP contribution in [0.2, 0.25) is 0 Å². The van der Waals surface area contributed by atoms with Gasteiger partial charge in [-0.25, -0.2) is 9.59 Å². The normalized spacial score (nSPS) is 17.9. The summed E-state index contributed by atoms with van der Waals surface area (Å²) in [7, 11) is 2.67. The highest BCUT2D eigenvalue weighted by atomic mass is 16.5. The lowest BCUT2D eigenvalue weighted by Gasteiger charge is -2.26. The molecule has 0 bridgehead atoms. The highest BCUT2D eigenvalue weighted by Gasteiger charge is 2.40. The van der Waals surface area contributed by atoms with Gasteiger partial charge in [0.1, 0.15) is 12.6 Å². The summed E-state index contributed by atoms with van der Waals surface area (Å²) in [5.41, 5.74) is 0.852. The molecule has 1 N–H and O–H groups in total. The van der Waals surface area contributed by atoms with Gasteiger partial charge in [-0.05, 0) is 12.0 Å². The summed E-state index contributed by atoms with van der Waals surface area (Å²) in [5.74, 6) is -0.901. The summed E-state index contributed by atoms with van der Waals surface area (Å²) in [5, 5.41) is 2.46. The van der Waals surface area contributed by atoms with Gasteiger partial charge in [-0.3, -0.25) is 4.79 Å². The van der Waals surface area contributed by atoms with Crippen LogP contribution in [0.15, 0.2) is 30.3 Å². The molecule has 0 radical (unpaired) electrons. The van der Waals surface area contributed by atoms with E-state index in [1.165, 1.54) is 19.1 Å². The Morgan fingerprint density at radius 3 is 2.64 bits per heavy atom. The van der Waals surface area contributed by atoms with Crippen LogP contribution in [0.4, 0.5) is 4.79 Å². The number of carbonyl (C=O) groups excluding carboxylic acids is 3. The van der Waals surface area contributed by atoms with Gasteiger partial charge < -0.3 is 24.4 Å². The SMILES string of the molecule is COC[C@H](C(=O)OCc1ccccc1)N1CC[C@H](NC(=O)OC)C1=O. The third-order valence-electron chi connectivity index (χ3n) is 3.91. The zero-order valence-corrected chi connectivity index (χ0v) is 14.3. The number of esters is 1. The number of likely N-dealkylation sites (tertiary alicyclic amines) is 1. The zero-order valence-electron chi connectivity index (χ0n) is 14.3. The van der Waals surface area contributed by atoms with E-state index in [1.807, 2.05) is 30.3 Å². The topological polar surface area (TPSA) is 94.2 Å². The fourth-order valence-electron chi connectivity index (χ4n) is 2.61. The first-order chi connectivity index (χ1) is 12.1. The van der Waals surface area contributed by atoms with Gasteiger partial charge in [0, 0.05) is 13.7 Å². The lowest BCUT2D eigenvalue weighted by atomic mass is 10.2. The Labute approximate surface area is 146 Å². The molecule has 0 spiro atoms. The molecule has 2 atom stereocenters. The Hall–Kier alpha value is -2.61. The fourth-order valence-corrected chi connectivity index (χ4v) is 2.61.